The van der Waals surface area contributed by atoms with Gasteiger partial charge < -0.3 is 15.0 Å². The van der Waals surface area contributed by atoms with E-state index in [0.29, 0.717) is 13.2 Å². The summed E-state index contributed by atoms with van der Waals surface area (Å²) in [5.41, 5.74) is -0.116. The van der Waals surface area contributed by atoms with Gasteiger partial charge >= 0.3 is 0 Å². The molecule has 0 aliphatic rings. The standard InChI is InChI=1S/C12H26N2O2/c1-7-14(6)11(15)10(2)13-8-9-16-12(3,4)5/h10,13H,7-9H2,1-6H3. The van der Waals surface area contributed by atoms with Gasteiger partial charge in [0.05, 0.1) is 18.2 Å². The minimum absolute atomic E-state index is 0.116. The molecule has 1 N–H and O–H groups in total. The zero-order chi connectivity index (χ0) is 12.8. The number of nitrogens with one attached hydrogen (secondary N) is 1. The first-order valence-corrected chi connectivity index (χ1v) is 5.90. The van der Waals surface area contributed by atoms with Crippen molar-refractivity contribution in [2.24, 2.45) is 0 Å². The Balaban J connectivity index is 3.73. The Morgan fingerprint density at radius 3 is 2.44 bits per heavy atom. The number of rotatable bonds is 6. The lowest BCUT2D eigenvalue weighted by atomic mass is 10.2. The number of nitrogens with zero attached hydrogens (tertiary/aromatic N) is 1. The molecule has 0 rings (SSSR count). The van der Waals surface area contributed by atoms with Crippen molar-refractivity contribution in [1.29, 1.82) is 0 Å². The van der Waals surface area contributed by atoms with Gasteiger partial charge in [-0.3, -0.25) is 4.79 Å². The smallest absolute Gasteiger partial charge is 0.239 e. The van der Waals surface area contributed by atoms with E-state index in [4.69, 9.17) is 4.74 Å². The van der Waals surface area contributed by atoms with Gasteiger partial charge in [0, 0.05) is 20.1 Å². The zero-order valence-electron chi connectivity index (χ0n) is 11.5. The van der Waals surface area contributed by atoms with Crippen molar-refractivity contribution in [1.82, 2.24) is 10.2 Å². The molecule has 1 unspecified atom stereocenters. The number of hydrogen-bond donors (Lipinski definition) is 1. The average molecular weight is 230 g/mol. The SMILES string of the molecule is CCN(C)C(=O)C(C)NCCOC(C)(C)C. The molecule has 0 radical (unpaired) electrons. The van der Waals surface area contributed by atoms with Gasteiger partial charge in [0.25, 0.3) is 0 Å². The number of carbonyl (C=O) groups excluding carboxylic acids is 1. The van der Waals surface area contributed by atoms with E-state index < -0.39 is 0 Å². The third-order valence-electron chi connectivity index (χ3n) is 2.31. The van der Waals surface area contributed by atoms with Gasteiger partial charge in [-0.05, 0) is 34.6 Å². The molecule has 1 atom stereocenters. The second-order valence-corrected chi connectivity index (χ2v) is 4.99. The van der Waals surface area contributed by atoms with Gasteiger partial charge in [0.15, 0.2) is 0 Å². The first kappa shape index (κ1) is 15.4. The third kappa shape index (κ3) is 6.80. The summed E-state index contributed by atoms with van der Waals surface area (Å²) in [5, 5.41) is 3.15. The van der Waals surface area contributed by atoms with Crippen LogP contribution < -0.4 is 5.32 Å². The average Bonchev–Trinajstić information content (AvgIpc) is 2.20. The lowest BCUT2D eigenvalue weighted by Crippen LogP contribution is -2.44. The topological polar surface area (TPSA) is 41.6 Å². The van der Waals surface area contributed by atoms with E-state index >= 15 is 0 Å². The first-order valence-electron chi connectivity index (χ1n) is 5.90. The van der Waals surface area contributed by atoms with E-state index in [1.165, 1.54) is 0 Å². The summed E-state index contributed by atoms with van der Waals surface area (Å²) in [4.78, 5) is 13.4. The number of hydrogen-bond acceptors (Lipinski definition) is 3. The lowest BCUT2D eigenvalue weighted by Gasteiger charge is -2.22. The predicted molar refractivity (Wildman–Crippen MR) is 66.5 cm³/mol. The fourth-order valence-corrected chi connectivity index (χ4v) is 1.21. The summed E-state index contributed by atoms with van der Waals surface area (Å²) in [7, 11) is 1.81. The first-order chi connectivity index (χ1) is 7.28. The molecule has 0 spiro atoms. The van der Waals surface area contributed by atoms with Gasteiger partial charge in [-0.2, -0.15) is 0 Å². The van der Waals surface area contributed by atoms with Gasteiger partial charge in [-0.15, -0.1) is 0 Å². The summed E-state index contributed by atoms with van der Waals surface area (Å²) in [6, 6.07) is -0.145. The molecular weight excluding hydrogens is 204 g/mol. The molecule has 16 heavy (non-hydrogen) atoms. The predicted octanol–water partition coefficient (Wildman–Crippen LogP) is 1.26. The van der Waals surface area contributed by atoms with E-state index in [1.807, 2.05) is 41.7 Å². The highest BCUT2D eigenvalue weighted by Crippen LogP contribution is 2.05. The van der Waals surface area contributed by atoms with Crippen LogP contribution in [-0.4, -0.2) is 49.2 Å². The van der Waals surface area contributed by atoms with Gasteiger partial charge in [0.1, 0.15) is 0 Å². The van der Waals surface area contributed by atoms with E-state index in [-0.39, 0.29) is 17.6 Å². The van der Waals surface area contributed by atoms with E-state index in [9.17, 15) is 4.79 Å². The Labute approximate surface area is 99.3 Å². The van der Waals surface area contributed by atoms with Crippen LogP contribution in [0.2, 0.25) is 0 Å². The second-order valence-electron chi connectivity index (χ2n) is 4.99. The number of likely N-dealkylation sites (N-methyl/N-ethyl adjacent to an activating group) is 1. The van der Waals surface area contributed by atoms with Crippen LogP contribution in [0, 0.1) is 0 Å². The van der Waals surface area contributed by atoms with Crippen molar-refractivity contribution in [3.05, 3.63) is 0 Å². The molecule has 4 heteroatoms. The fraction of sp³-hybridized carbons (Fsp3) is 0.917. The molecule has 1 amide bonds. The van der Waals surface area contributed by atoms with Crippen molar-refractivity contribution in [3.8, 4) is 0 Å². The molecule has 0 aliphatic carbocycles. The fourth-order valence-electron chi connectivity index (χ4n) is 1.21. The monoisotopic (exact) mass is 230 g/mol. The summed E-state index contributed by atoms with van der Waals surface area (Å²) < 4.78 is 5.56. The highest BCUT2D eigenvalue weighted by atomic mass is 16.5. The van der Waals surface area contributed by atoms with Crippen LogP contribution >= 0.6 is 0 Å². The molecular formula is C12H26N2O2. The summed E-state index contributed by atoms with van der Waals surface area (Å²) in [6.45, 7) is 12.0. The maximum Gasteiger partial charge on any atom is 0.239 e. The van der Waals surface area contributed by atoms with Crippen molar-refractivity contribution in [3.63, 3.8) is 0 Å². The normalized spacial score (nSPS) is 13.6. The Morgan fingerprint density at radius 1 is 1.44 bits per heavy atom. The van der Waals surface area contributed by atoms with Crippen LogP contribution in [0.4, 0.5) is 0 Å². The molecule has 0 heterocycles. The zero-order valence-corrected chi connectivity index (χ0v) is 11.5. The summed E-state index contributed by atoms with van der Waals surface area (Å²) >= 11 is 0. The van der Waals surface area contributed by atoms with E-state index in [2.05, 4.69) is 5.32 Å². The molecule has 0 aromatic heterocycles. The van der Waals surface area contributed by atoms with Crippen LogP contribution in [0.3, 0.4) is 0 Å². The summed E-state index contributed by atoms with van der Waals surface area (Å²) in [6.07, 6.45) is 0. The van der Waals surface area contributed by atoms with Crippen molar-refractivity contribution in [2.45, 2.75) is 46.3 Å². The maximum absolute atomic E-state index is 11.7. The highest BCUT2D eigenvalue weighted by Gasteiger charge is 2.15. The van der Waals surface area contributed by atoms with Gasteiger partial charge in [0.2, 0.25) is 5.91 Å². The molecule has 0 aromatic rings. The third-order valence-corrected chi connectivity index (χ3v) is 2.31. The largest absolute Gasteiger partial charge is 0.375 e. The molecule has 0 saturated heterocycles. The quantitative estimate of drug-likeness (QED) is 0.698. The number of carbonyl (C=O) groups is 1. The Bertz CT molecular complexity index is 212. The number of amides is 1. The van der Waals surface area contributed by atoms with Crippen molar-refractivity contribution >= 4 is 5.91 Å². The van der Waals surface area contributed by atoms with Crippen molar-refractivity contribution < 1.29 is 9.53 Å². The molecule has 96 valence electrons. The van der Waals surface area contributed by atoms with Crippen LogP contribution in [0.1, 0.15) is 34.6 Å². The highest BCUT2D eigenvalue weighted by molar-refractivity contribution is 5.81. The van der Waals surface area contributed by atoms with Gasteiger partial charge in [-0.25, -0.2) is 0 Å². The van der Waals surface area contributed by atoms with Crippen molar-refractivity contribution in [2.75, 3.05) is 26.7 Å². The van der Waals surface area contributed by atoms with Crippen LogP contribution in [0.25, 0.3) is 0 Å². The Hall–Kier alpha value is -0.610. The lowest BCUT2D eigenvalue weighted by molar-refractivity contribution is -0.131. The maximum atomic E-state index is 11.7. The van der Waals surface area contributed by atoms with Gasteiger partial charge in [-0.1, -0.05) is 0 Å². The number of ether oxygens (including phenoxy) is 1. The minimum Gasteiger partial charge on any atom is -0.375 e. The minimum atomic E-state index is -0.145. The van der Waals surface area contributed by atoms with Crippen LogP contribution in [-0.2, 0) is 9.53 Å². The second kappa shape index (κ2) is 6.86. The summed E-state index contributed by atoms with van der Waals surface area (Å²) in [5.74, 6) is 0.123. The van der Waals surface area contributed by atoms with Crippen LogP contribution in [0.15, 0.2) is 0 Å². The van der Waals surface area contributed by atoms with E-state index in [0.717, 1.165) is 6.54 Å². The molecule has 0 bridgehead atoms. The van der Waals surface area contributed by atoms with E-state index in [1.54, 1.807) is 4.90 Å². The molecule has 4 nitrogen and oxygen atoms in total. The molecule has 0 aliphatic heterocycles. The Morgan fingerprint density at radius 2 is 2.00 bits per heavy atom. The molecule has 0 fully saturated rings. The molecule has 0 saturated carbocycles. The molecule has 0 aromatic carbocycles. The van der Waals surface area contributed by atoms with Crippen LogP contribution in [0.5, 0.6) is 0 Å². The Kier molecular flexibility index (Phi) is 6.60.